The average Bonchev–Trinajstić information content (AvgIpc) is 2.66. The molecule has 1 atom stereocenters. The highest BCUT2D eigenvalue weighted by Crippen LogP contribution is 2.36. The Morgan fingerprint density at radius 3 is 2.54 bits per heavy atom. The number of hydrogen-bond donors (Lipinski definition) is 3. The molecule has 0 saturated carbocycles. The zero-order valence-corrected chi connectivity index (χ0v) is 14.0. The van der Waals surface area contributed by atoms with Gasteiger partial charge in [-0.15, -0.1) is 0 Å². The number of halogens is 1. The molecule has 2 aromatic rings. The summed E-state index contributed by atoms with van der Waals surface area (Å²) < 4.78 is 18.3. The number of amides is 2. The molecule has 0 saturated heterocycles. The van der Waals surface area contributed by atoms with Crippen LogP contribution < -0.4 is 15.4 Å². The highest BCUT2D eigenvalue weighted by atomic mass is 19.1. The van der Waals surface area contributed by atoms with Crippen molar-refractivity contribution in [3.05, 3.63) is 65.5 Å². The molecule has 6 nitrogen and oxygen atoms in total. The summed E-state index contributed by atoms with van der Waals surface area (Å²) in [6, 6.07) is 12.7. The summed E-state index contributed by atoms with van der Waals surface area (Å²) in [4.78, 5) is 23.9. The molecular formula is C19H19FN2O4. The molecule has 0 radical (unpaired) electrons. The van der Waals surface area contributed by atoms with E-state index < -0.39 is 17.4 Å². The van der Waals surface area contributed by atoms with Crippen molar-refractivity contribution in [2.45, 2.75) is 18.6 Å². The van der Waals surface area contributed by atoms with E-state index in [9.17, 15) is 19.1 Å². The molecule has 0 spiro atoms. The van der Waals surface area contributed by atoms with Crippen molar-refractivity contribution >= 4 is 11.8 Å². The predicted molar refractivity (Wildman–Crippen MR) is 91.7 cm³/mol. The molecule has 0 bridgehead atoms. The summed E-state index contributed by atoms with van der Waals surface area (Å²) >= 11 is 0. The number of nitrogens with one attached hydrogen (secondary N) is 2. The number of carbonyl (C=O) groups excluding carboxylic acids is 2. The van der Waals surface area contributed by atoms with Crippen molar-refractivity contribution < 1.29 is 23.8 Å². The van der Waals surface area contributed by atoms with Gasteiger partial charge in [0.05, 0.1) is 13.2 Å². The van der Waals surface area contributed by atoms with E-state index >= 15 is 0 Å². The van der Waals surface area contributed by atoms with Gasteiger partial charge in [0.1, 0.15) is 17.2 Å². The summed E-state index contributed by atoms with van der Waals surface area (Å²) in [5, 5.41) is 15.7. The molecule has 2 aromatic carbocycles. The van der Waals surface area contributed by atoms with Gasteiger partial charge < -0.3 is 20.5 Å². The van der Waals surface area contributed by atoms with Gasteiger partial charge in [0.2, 0.25) is 0 Å². The smallest absolute Gasteiger partial charge is 0.309 e. The molecule has 26 heavy (non-hydrogen) atoms. The monoisotopic (exact) mass is 358 g/mol. The van der Waals surface area contributed by atoms with Gasteiger partial charge in [-0.3, -0.25) is 9.59 Å². The van der Waals surface area contributed by atoms with E-state index in [1.165, 1.54) is 24.3 Å². The van der Waals surface area contributed by atoms with Crippen LogP contribution in [0.4, 0.5) is 4.39 Å². The summed E-state index contributed by atoms with van der Waals surface area (Å²) in [5.74, 6) is -1.47. The van der Waals surface area contributed by atoms with E-state index in [0.29, 0.717) is 29.9 Å². The van der Waals surface area contributed by atoms with Crippen molar-refractivity contribution in [2.24, 2.45) is 0 Å². The summed E-state index contributed by atoms with van der Waals surface area (Å²) in [6.45, 7) is 0.323. The van der Waals surface area contributed by atoms with Crippen molar-refractivity contribution in [2.75, 3.05) is 13.2 Å². The highest BCUT2D eigenvalue weighted by Gasteiger charge is 2.36. The zero-order valence-electron chi connectivity index (χ0n) is 14.0. The van der Waals surface area contributed by atoms with Gasteiger partial charge in [-0.25, -0.2) is 4.39 Å². The lowest BCUT2D eigenvalue weighted by molar-refractivity contribution is -0.140. The number of benzene rings is 2. The van der Waals surface area contributed by atoms with Gasteiger partial charge in [-0.2, -0.15) is 0 Å². The second kappa shape index (κ2) is 7.53. The minimum atomic E-state index is -1.29. The maximum atomic E-state index is 12.8. The maximum absolute atomic E-state index is 12.8. The fourth-order valence-corrected chi connectivity index (χ4v) is 2.80. The lowest BCUT2D eigenvalue weighted by atomic mass is 9.88. The molecule has 0 aromatic heterocycles. The Labute approximate surface area is 150 Å². The van der Waals surface area contributed by atoms with E-state index in [-0.39, 0.29) is 18.9 Å². The normalized spacial score (nSPS) is 18.4. The minimum absolute atomic E-state index is 0.101. The van der Waals surface area contributed by atoms with Crippen LogP contribution in [-0.4, -0.2) is 30.1 Å². The van der Waals surface area contributed by atoms with Crippen molar-refractivity contribution in [1.29, 1.82) is 0 Å². The fourth-order valence-electron chi connectivity index (χ4n) is 2.80. The van der Waals surface area contributed by atoms with Crippen LogP contribution in [0.5, 0.6) is 5.75 Å². The van der Waals surface area contributed by atoms with Gasteiger partial charge in [-0.05, 0) is 23.8 Å². The quantitative estimate of drug-likeness (QED) is 0.718. The van der Waals surface area contributed by atoms with Crippen LogP contribution >= 0.6 is 0 Å². The first-order valence-corrected chi connectivity index (χ1v) is 8.23. The lowest BCUT2D eigenvalue weighted by Crippen LogP contribution is -2.47. The van der Waals surface area contributed by atoms with Crippen molar-refractivity contribution in [1.82, 2.24) is 10.6 Å². The lowest BCUT2D eigenvalue weighted by Gasteiger charge is -2.34. The van der Waals surface area contributed by atoms with Crippen LogP contribution in [-0.2, 0) is 21.7 Å². The molecule has 0 aliphatic carbocycles. The van der Waals surface area contributed by atoms with Crippen molar-refractivity contribution in [3.63, 3.8) is 0 Å². The van der Waals surface area contributed by atoms with E-state index in [4.69, 9.17) is 4.74 Å². The molecule has 7 heteroatoms. The number of carbonyl (C=O) groups is 2. The topological polar surface area (TPSA) is 87.7 Å². The Morgan fingerprint density at radius 2 is 1.77 bits per heavy atom. The van der Waals surface area contributed by atoms with Gasteiger partial charge in [-0.1, -0.05) is 30.3 Å². The third-order valence-electron chi connectivity index (χ3n) is 4.28. The molecule has 1 unspecified atom stereocenters. The van der Waals surface area contributed by atoms with Crippen LogP contribution in [0, 0.1) is 5.82 Å². The first-order valence-electron chi connectivity index (χ1n) is 8.23. The van der Waals surface area contributed by atoms with Crippen LogP contribution in [0.25, 0.3) is 0 Å². The Balaban J connectivity index is 1.55. The van der Waals surface area contributed by atoms with Crippen LogP contribution in [0.1, 0.15) is 17.5 Å². The average molecular weight is 358 g/mol. The predicted octanol–water partition coefficient (Wildman–Crippen LogP) is 1.23. The second-order valence-corrected chi connectivity index (χ2v) is 6.12. The minimum Gasteiger partial charge on any atom is -0.493 e. The molecule has 3 N–H and O–H groups in total. The molecule has 1 aliphatic heterocycles. The SMILES string of the molecule is O=C(NCc1ccc(F)cc1)C(=O)NCC1(O)CCOc2ccccc21. The van der Waals surface area contributed by atoms with Gasteiger partial charge in [0.25, 0.3) is 0 Å². The van der Waals surface area contributed by atoms with Crippen LogP contribution in [0.2, 0.25) is 0 Å². The number of para-hydroxylation sites is 1. The highest BCUT2D eigenvalue weighted by molar-refractivity contribution is 6.35. The summed E-state index contributed by atoms with van der Waals surface area (Å²) in [6.07, 6.45) is 0.307. The summed E-state index contributed by atoms with van der Waals surface area (Å²) in [7, 11) is 0. The number of hydrogen-bond acceptors (Lipinski definition) is 4. The number of ether oxygens (including phenoxy) is 1. The largest absolute Gasteiger partial charge is 0.493 e. The van der Waals surface area contributed by atoms with Gasteiger partial charge in [0, 0.05) is 18.5 Å². The number of fused-ring (bicyclic) bond motifs is 1. The maximum Gasteiger partial charge on any atom is 0.309 e. The third kappa shape index (κ3) is 4.00. The number of rotatable bonds is 4. The molecule has 0 fully saturated rings. The van der Waals surface area contributed by atoms with Crippen LogP contribution in [0.15, 0.2) is 48.5 Å². The number of aliphatic hydroxyl groups is 1. The van der Waals surface area contributed by atoms with E-state index in [1.807, 2.05) is 0 Å². The fraction of sp³-hybridized carbons (Fsp3) is 0.263. The first kappa shape index (κ1) is 17.9. The molecule has 1 heterocycles. The third-order valence-corrected chi connectivity index (χ3v) is 4.28. The van der Waals surface area contributed by atoms with Gasteiger partial charge >= 0.3 is 11.8 Å². The Morgan fingerprint density at radius 1 is 1.08 bits per heavy atom. The molecule has 3 rings (SSSR count). The molecule has 2 amide bonds. The molecular weight excluding hydrogens is 339 g/mol. The van der Waals surface area contributed by atoms with E-state index in [0.717, 1.165) is 0 Å². The standard InChI is InChI=1S/C19H19FN2O4/c20-14-7-5-13(6-8-14)11-21-17(23)18(24)22-12-19(25)9-10-26-16-4-2-1-3-15(16)19/h1-8,25H,9-12H2,(H,21,23)(H,22,24). The van der Waals surface area contributed by atoms with Crippen molar-refractivity contribution in [3.8, 4) is 5.75 Å². The molecule has 136 valence electrons. The Kier molecular flexibility index (Phi) is 5.18. The first-order chi connectivity index (χ1) is 12.5. The van der Waals surface area contributed by atoms with E-state index in [2.05, 4.69) is 10.6 Å². The Bertz CT molecular complexity index is 809. The van der Waals surface area contributed by atoms with E-state index in [1.54, 1.807) is 24.3 Å². The van der Waals surface area contributed by atoms with Crippen LogP contribution in [0.3, 0.4) is 0 Å². The zero-order chi connectivity index (χ0) is 18.6. The second-order valence-electron chi connectivity index (χ2n) is 6.12. The van der Waals surface area contributed by atoms with Gasteiger partial charge in [0.15, 0.2) is 0 Å². The molecule has 1 aliphatic rings. The Hall–Kier alpha value is -2.93. The summed E-state index contributed by atoms with van der Waals surface area (Å²) in [5.41, 5.74) is -0.0373.